The predicted octanol–water partition coefficient (Wildman–Crippen LogP) is 3.97. The van der Waals surface area contributed by atoms with Crippen LogP contribution in [-0.2, 0) is 0 Å². The zero-order valence-corrected chi connectivity index (χ0v) is 13.5. The van der Waals surface area contributed by atoms with Crippen LogP contribution in [0.1, 0.15) is 51.5 Å². The van der Waals surface area contributed by atoms with Crippen molar-refractivity contribution < 1.29 is 5.11 Å². The molecule has 1 aromatic rings. The first-order chi connectivity index (χ1) is 9.40. The van der Waals surface area contributed by atoms with Crippen molar-refractivity contribution in [1.29, 1.82) is 0 Å². The van der Waals surface area contributed by atoms with Crippen LogP contribution in [0.4, 0.5) is 0 Å². The summed E-state index contributed by atoms with van der Waals surface area (Å²) in [5.41, 5.74) is 1.54. The van der Waals surface area contributed by atoms with Crippen molar-refractivity contribution in [2.75, 3.05) is 6.61 Å². The second-order valence-corrected chi connectivity index (χ2v) is 7.45. The minimum absolute atomic E-state index is 0.184. The lowest BCUT2D eigenvalue weighted by Crippen LogP contribution is -2.50. The number of benzene rings is 1. The fourth-order valence-corrected chi connectivity index (χ4v) is 3.17. The summed E-state index contributed by atoms with van der Waals surface area (Å²) in [6.45, 7) is 6.94. The minimum Gasteiger partial charge on any atom is -0.396 e. The number of aliphatic hydroxyl groups excluding tert-OH is 1. The molecule has 2 nitrogen and oxygen atoms in total. The summed E-state index contributed by atoms with van der Waals surface area (Å²) in [4.78, 5) is 0. The fourth-order valence-electron chi connectivity index (χ4n) is 2.97. The van der Waals surface area contributed by atoms with Crippen molar-refractivity contribution in [1.82, 2.24) is 5.32 Å². The summed E-state index contributed by atoms with van der Waals surface area (Å²) in [6.07, 6.45) is 3.15. The van der Waals surface area contributed by atoms with Gasteiger partial charge in [0.1, 0.15) is 0 Å². The maximum Gasteiger partial charge on any atom is 0.0446 e. The van der Waals surface area contributed by atoms with Crippen molar-refractivity contribution in [3.05, 3.63) is 34.9 Å². The van der Waals surface area contributed by atoms with Gasteiger partial charge in [-0.15, -0.1) is 0 Å². The molecule has 112 valence electrons. The molecule has 0 heterocycles. The van der Waals surface area contributed by atoms with E-state index in [1.54, 1.807) is 0 Å². The van der Waals surface area contributed by atoms with Gasteiger partial charge in [0, 0.05) is 23.7 Å². The molecule has 0 aromatic heterocycles. The Balaban J connectivity index is 1.87. The first-order valence-corrected chi connectivity index (χ1v) is 7.90. The lowest BCUT2D eigenvalue weighted by atomic mass is 9.74. The molecule has 1 saturated carbocycles. The summed E-state index contributed by atoms with van der Waals surface area (Å²) in [6, 6.07) is 9.14. The Morgan fingerprint density at radius 3 is 2.60 bits per heavy atom. The third kappa shape index (κ3) is 3.97. The Labute approximate surface area is 127 Å². The van der Waals surface area contributed by atoms with Crippen LogP contribution < -0.4 is 5.32 Å². The third-order valence-electron chi connectivity index (χ3n) is 4.36. The van der Waals surface area contributed by atoms with Gasteiger partial charge in [-0.1, -0.05) is 44.5 Å². The number of rotatable bonds is 5. The van der Waals surface area contributed by atoms with Gasteiger partial charge < -0.3 is 10.4 Å². The first-order valence-electron chi connectivity index (χ1n) is 7.52. The van der Waals surface area contributed by atoms with Crippen LogP contribution in [0.2, 0.25) is 5.02 Å². The largest absolute Gasteiger partial charge is 0.396 e. The number of halogens is 1. The van der Waals surface area contributed by atoms with Gasteiger partial charge in [0.15, 0.2) is 0 Å². The van der Waals surface area contributed by atoms with Gasteiger partial charge >= 0.3 is 0 Å². The Hall–Kier alpha value is -0.570. The summed E-state index contributed by atoms with van der Waals surface area (Å²) in [7, 11) is 0. The van der Waals surface area contributed by atoms with Crippen molar-refractivity contribution in [3.8, 4) is 0 Å². The molecular formula is C17H26ClNO. The lowest BCUT2D eigenvalue weighted by molar-refractivity contribution is 0.157. The molecule has 1 aliphatic rings. The summed E-state index contributed by atoms with van der Waals surface area (Å²) in [5.74, 6) is 0.626. The number of aliphatic hydroxyl groups is 1. The highest BCUT2D eigenvalue weighted by molar-refractivity contribution is 6.30. The molecule has 0 bridgehead atoms. The van der Waals surface area contributed by atoms with E-state index < -0.39 is 0 Å². The maximum atomic E-state index is 9.21. The lowest BCUT2D eigenvalue weighted by Gasteiger charge is -2.42. The second-order valence-electron chi connectivity index (χ2n) is 7.02. The molecule has 0 amide bonds. The van der Waals surface area contributed by atoms with Crippen LogP contribution in [0.15, 0.2) is 24.3 Å². The number of nitrogens with one attached hydrogen (secondary N) is 1. The molecule has 1 fully saturated rings. The van der Waals surface area contributed by atoms with Crippen LogP contribution in [-0.4, -0.2) is 23.8 Å². The maximum absolute atomic E-state index is 9.21. The molecule has 20 heavy (non-hydrogen) atoms. The van der Waals surface area contributed by atoms with Crippen LogP contribution in [0.25, 0.3) is 0 Å². The average molecular weight is 296 g/mol. The van der Waals surface area contributed by atoms with Gasteiger partial charge in [-0.3, -0.25) is 0 Å². The molecule has 0 spiro atoms. The summed E-state index contributed by atoms with van der Waals surface area (Å²) in [5, 5.41) is 13.8. The second kappa shape index (κ2) is 6.46. The molecule has 1 atom stereocenters. The Kier molecular flexibility index (Phi) is 5.11. The van der Waals surface area contributed by atoms with Crippen molar-refractivity contribution in [2.24, 2.45) is 5.41 Å². The van der Waals surface area contributed by atoms with Crippen molar-refractivity contribution in [2.45, 2.75) is 58.0 Å². The molecule has 1 aromatic carbocycles. The van der Waals surface area contributed by atoms with Gasteiger partial charge in [0.25, 0.3) is 0 Å². The summed E-state index contributed by atoms with van der Waals surface area (Å²) < 4.78 is 0. The van der Waals surface area contributed by atoms with Crippen molar-refractivity contribution in [3.63, 3.8) is 0 Å². The van der Waals surface area contributed by atoms with Gasteiger partial charge in [-0.2, -0.15) is 0 Å². The van der Waals surface area contributed by atoms with E-state index in [9.17, 15) is 5.11 Å². The number of hydrogen-bond donors (Lipinski definition) is 2. The van der Waals surface area contributed by atoms with Gasteiger partial charge in [-0.25, -0.2) is 0 Å². The first kappa shape index (κ1) is 15.8. The van der Waals surface area contributed by atoms with Crippen LogP contribution in [0, 0.1) is 5.41 Å². The third-order valence-corrected chi connectivity index (χ3v) is 4.59. The highest BCUT2D eigenvalue weighted by Gasteiger charge is 2.34. The smallest absolute Gasteiger partial charge is 0.0446 e. The van der Waals surface area contributed by atoms with E-state index in [0.717, 1.165) is 11.4 Å². The van der Waals surface area contributed by atoms with Crippen LogP contribution in [0.5, 0.6) is 0 Å². The van der Waals surface area contributed by atoms with E-state index >= 15 is 0 Å². The predicted molar refractivity (Wildman–Crippen MR) is 85.3 cm³/mol. The van der Waals surface area contributed by atoms with E-state index in [1.807, 2.05) is 12.1 Å². The van der Waals surface area contributed by atoms with E-state index in [4.69, 9.17) is 11.6 Å². The quantitative estimate of drug-likeness (QED) is 0.861. The average Bonchev–Trinajstić information content (AvgIpc) is 2.30. The number of hydrogen-bond acceptors (Lipinski definition) is 2. The monoisotopic (exact) mass is 295 g/mol. The van der Waals surface area contributed by atoms with Crippen LogP contribution >= 0.6 is 11.6 Å². The normalized spacial score (nSPS) is 24.2. The molecular weight excluding hydrogens is 270 g/mol. The zero-order valence-electron chi connectivity index (χ0n) is 12.7. The van der Waals surface area contributed by atoms with Gasteiger partial charge in [0.2, 0.25) is 0 Å². The highest BCUT2D eigenvalue weighted by atomic mass is 35.5. The molecule has 1 unspecified atom stereocenters. The molecule has 2 N–H and O–H groups in total. The van der Waals surface area contributed by atoms with E-state index in [0.29, 0.717) is 18.0 Å². The molecule has 0 radical (unpaired) electrons. The summed E-state index contributed by atoms with van der Waals surface area (Å²) >= 11 is 6.05. The zero-order chi connectivity index (χ0) is 14.8. The molecule has 0 aliphatic heterocycles. The van der Waals surface area contributed by atoms with E-state index in [1.165, 1.54) is 18.4 Å². The molecule has 2 rings (SSSR count). The van der Waals surface area contributed by atoms with Gasteiger partial charge in [-0.05, 0) is 48.3 Å². The Morgan fingerprint density at radius 1 is 1.35 bits per heavy atom. The standard InChI is InChI=1S/C17H26ClNO/c1-17(2,3)16(7-8-20)19-15-10-13(11-15)12-5-4-6-14(18)9-12/h4-6,9,13,15-16,19-20H,7-8,10-11H2,1-3H3. The van der Waals surface area contributed by atoms with E-state index in [-0.39, 0.29) is 12.0 Å². The SMILES string of the molecule is CC(C)(C)C(CCO)NC1CC(c2cccc(Cl)c2)C1. The minimum atomic E-state index is 0.184. The molecule has 0 saturated heterocycles. The molecule has 3 heteroatoms. The van der Waals surface area contributed by atoms with Gasteiger partial charge in [0.05, 0.1) is 0 Å². The fraction of sp³-hybridized carbons (Fsp3) is 0.647. The van der Waals surface area contributed by atoms with Crippen LogP contribution in [0.3, 0.4) is 0 Å². The molecule has 1 aliphatic carbocycles. The van der Waals surface area contributed by atoms with E-state index in [2.05, 4.69) is 38.2 Å². The Bertz CT molecular complexity index is 435. The Morgan fingerprint density at radius 2 is 2.05 bits per heavy atom. The topological polar surface area (TPSA) is 32.3 Å². The van der Waals surface area contributed by atoms with Crippen molar-refractivity contribution >= 4 is 11.6 Å². The highest BCUT2D eigenvalue weighted by Crippen LogP contribution is 2.38.